The van der Waals surface area contributed by atoms with Crippen molar-refractivity contribution in [2.24, 2.45) is 0 Å². The van der Waals surface area contributed by atoms with Gasteiger partial charge in [0.2, 0.25) is 0 Å². The van der Waals surface area contributed by atoms with Gasteiger partial charge in [0, 0.05) is 24.0 Å². The highest BCUT2D eigenvalue weighted by molar-refractivity contribution is 6.31. The van der Waals surface area contributed by atoms with E-state index in [9.17, 15) is 4.79 Å². The van der Waals surface area contributed by atoms with Gasteiger partial charge in [0.05, 0.1) is 17.4 Å². The molecule has 0 aliphatic rings. The standard InChI is InChI=1S/C15H13ClN4O/c16-11-3-4-12-13(6-11)19-14(20-15(12)21)9-18-8-10-2-1-5-17-7-10/h1-7,18H,8-9H2,(H,19,20,21). The average Bonchev–Trinajstić information content (AvgIpc) is 2.48. The van der Waals surface area contributed by atoms with E-state index in [1.54, 1.807) is 30.6 Å². The van der Waals surface area contributed by atoms with Crippen molar-refractivity contribution in [2.45, 2.75) is 13.1 Å². The van der Waals surface area contributed by atoms with Gasteiger partial charge in [0.1, 0.15) is 5.82 Å². The van der Waals surface area contributed by atoms with E-state index in [0.717, 1.165) is 5.56 Å². The quantitative estimate of drug-likeness (QED) is 0.775. The molecule has 0 unspecified atom stereocenters. The average molecular weight is 301 g/mol. The Morgan fingerprint density at radius 2 is 2.14 bits per heavy atom. The number of hydrogen-bond acceptors (Lipinski definition) is 4. The van der Waals surface area contributed by atoms with E-state index in [-0.39, 0.29) is 5.56 Å². The molecule has 2 heterocycles. The Labute approximate surface area is 126 Å². The van der Waals surface area contributed by atoms with Crippen molar-refractivity contribution in [1.82, 2.24) is 20.3 Å². The lowest BCUT2D eigenvalue weighted by Crippen LogP contribution is -2.19. The zero-order valence-electron chi connectivity index (χ0n) is 11.1. The summed E-state index contributed by atoms with van der Waals surface area (Å²) in [6, 6.07) is 8.92. The van der Waals surface area contributed by atoms with Crippen LogP contribution in [0, 0.1) is 0 Å². The predicted octanol–water partition coefficient (Wildman–Crippen LogP) is 2.26. The van der Waals surface area contributed by atoms with E-state index in [2.05, 4.69) is 20.3 Å². The van der Waals surface area contributed by atoms with Crippen LogP contribution in [-0.4, -0.2) is 15.0 Å². The topological polar surface area (TPSA) is 70.7 Å². The molecule has 0 atom stereocenters. The molecule has 0 radical (unpaired) electrons. The maximum atomic E-state index is 12.0. The van der Waals surface area contributed by atoms with Gasteiger partial charge in [0.15, 0.2) is 0 Å². The van der Waals surface area contributed by atoms with Crippen LogP contribution in [0.1, 0.15) is 11.4 Å². The number of hydrogen-bond donors (Lipinski definition) is 2. The Morgan fingerprint density at radius 3 is 2.95 bits per heavy atom. The Hall–Kier alpha value is -2.24. The summed E-state index contributed by atoms with van der Waals surface area (Å²) in [5.74, 6) is 0.582. The molecule has 0 saturated carbocycles. The molecule has 2 N–H and O–H groups in total. The van der Waals surface area contributed by atoms with Gasteiger partial charge in [-0.3, -0.25) is 9.78 Å². The summed E-state index contributed by atoms with van der Waals surface area (Å²) in [6.45, 7) is 1.12. The zero-order chi connectivity index (χ0) is 14.7. The molecular formula is C15H13ClN4O. The van der Waals surface area contributed by atoms with Crippen molar-refractivity contribution in [3.8, 4) is 0 Å². The molecule has 0 aliphatic heterocycles. The van der Waals surface area contributed by atoms with Crippen molar-refractivity contribution < 1.29 is 0 Å². The van der Waals surface area contributed by atoms with Crippen LogP contribution >= 0.6 is 11.6 Å². The fourth-order valence-electron chi connectivity index (χ4n) is 2.07. The van der Waals surface area contributed by atoms with Crippen LogP contribution in [0.5, 0.6) is 0 Å². The van der Waals surface area contributed by atoms with E-state index in [1.165, 1.54) is 0 Å². The van der Waals surface area contributed by atoms with Crippen molar-refractivity contribution in [2.75, 3.05) is 0 Å². The summed E-state index contributed by atoms with van der Waals surface area (Å²) < 4.78 is 0. The number of aromatic nitrogens is 3. The summed E-state index contributed by atoms with van der Waals surface area (Å²) >= 11 is 5.93. The SMILES string of the molecule is O=c1[nH]c(CNCc2cccnc2)nc2cc(Cl)ccc12. The van der Waals surface area contributed by atoms with E-state index < -0.39 is 0 Å². The Morgan fingerprint density at radius 1 is 1.24 bits per heavy atom. The number of nitrogens with one attached hydrogen (secondary N) is 2. The Balaban J connectivity index is 1.77. The summed E-state index contributed by atoms with van der Waals surface area (Å²) in [6.07, 6.45) is 3.53. The lowest BCUT2D eigenvalue weighted by Gasteiger charge is -2.05. The van der Waals surface area contributed by atoms with Crippen molar-refractivity contribution >= 4 is 22.5 Å². The fraction of sp³-hybridized carbons (Fsp3) is 0.133. The molecule has 0 bridgehead atoms. The normalized spacial score (nSPS) is 10.9. The lowest BCUT2D eigenvalue weighted by atomic mass is 10.2. The first kappa shape index (κ1) is 13.7. The van der Waals surface area contributed by atoms with E-state index in [4.69, 9.17) is 11.6 Å². The largest absolute Gasteiger partial charge is 0.309 e. The number of H-pyrrole nitrogens is 1. The molecule has 3 rings (SSSR count). The predicted molar refractivity (Wildman–Crippen MR) is 82.2 cm³/mol. The van der Waals surface area contributed by atoms with Gasteiger partial charge in [-0.1, -0.05) is 17.7 Å². The number of halogens is 1. The minimum absolute atomic E-state index is 0.158. The highest BCUT2D eigenvalue weighted by atomic mass is 35.5. The van der Waals surface area contributed by atoms with Gasteiger partial charge in [-0.2, -0.15) is 0 Å². The van der Waals surface area contributed by atoms with E-state index in [0.29, 0.717) is 34.8 Å². The first-order valence-electron chi connectivity index (χ1n) is 6.50. The van der Waals surface area contributed by atoms with Gasteiger partial charge >= 0.3 is 0 Å². The molecule has 1 aromatic carbocycles. The zero-order valence-corrected chi connectivity index (χ0v) is 11.9. The molecule has 106 valence electrons. The number of nitrogens with zero attached hydrogens (tertiary/aromatic N) is 2. The molecule has 5 nitrogen and oxygen atoms in total. The second kappa shape index (κ2) is 6.03. The third kappa shape index (κ3) is 3.26. The molecule has 0 fully saturated rings. The van der Waals surface area contributed by atoms with Crippen LogP contribution < -0.4 is 10.9 Å². The van der Waals surface area contributed by atoms with Gasteiger partial charge < -0.3 is 10.3 Å². The van der Waals surface area contributed by atoms with Crippen LogP contribution in [0.4, 0.5) is 0 Å². The molecule has 0 spiro atoms. The number of fused-ring (bicyclic) bond motifs is 1. The van der Waals surface area contributed by atoms with Gasteiger partial charge in [-0.05, 0) is 29.8 Å². The Kier molecular flexibility index (Phi) is 3.94. The first-order chi connectivity index (χ1) is 10.2. The maximum Gasteiger partial charge on any atom is 0.258 e. The smallest absolute Gasteiger partial charge is 0.258 e. The highest BCUT2D eigenvalue weighted by Crippen LogP contribution is 2.14. The second-order valence-corrected chi connectivity index (χ2v) is 5.08. The van der Waals surface area contributed by atoms with Gasteiger partial charge in [0.25, 0.3) is 5.56 Å². The first-order valence-corrected chi connectivity index (χ1v) is 6.88. The van der Waals surface area contributed by atoms with Crippen molar-refractivity contribution in [3.05, 3.63) is 69.5 Å². The van der Waals surface area contributed by atoms with Crippen molar-refractivity contribution in [3.63, 3.8) is 0 Å². The van der Waals surface area contributed by atoms with E-state index in [1.807, 2.05) is 12.1 Å². The molecular weight excluding hydrogens is 288 g/mol. The fourth-order valence-corrected chi connectivity index (χ4v) is 2.24. The highest BCUT2D eigenvalue weighted by Gasteiger charge is 2.04. The molecule has 3 aromatic rings. The van der Waals surface area contributed by atoms with Crippen LogP contribution in [-0.2, 0) is 13.1 Å². The summed E-state index contributed by atoms with van der Waals surface area (Å²) in [5, 5.41) is 4.32. The Bertz CT molecular complexity index is 817. The lowest BCUT2D eigenvalue weighted by molar-refractivity contribution is 0.662. The van der Waals surface area contributed by atoms with Gasteiger partial charge in [-0.25, -0.2) is 4.98 Å². The molecule has 0 amide bonds. The molecule has 21 heavy (non-hydrogen) atoms. The number of benzene rings is 1. The summed E-state index contributed by atoms with van der Waals surface area (Å²) in [5.41, 5.74) is 1.52. The number of aromatic amines is 1. The second-order valence-electron chi connectivity index (χ2n) is 4.64. The summed E-state index contributed by atoms with van der Waals surface area (Å²) in [7, 11) is 0. The summed E-state index contributed by atoms with van der Waals surface area (Å²) in [4.78, 5) is 23.2. The van der Waals surface area contributed by atoms with Crippen molar-refractivity contribution in [1.29, 1.82) is 0 Å². The molecule has 0 saturated heterocycles. The third-order valence-corrected chi connectivity index (χ3v) is 3.30. The third-order valence-electron chi connectivity index (χ3n) is 3.06. The van der Waals surface area contributed by atoms with Crippen LogP contribution in [0.25, 0.3) is 10.9 Å². The van der Waals surface area contributed by atoms with Crippen LogP contribution in [0.15, 0.2) is 47.5 Å². The van der Waals surface area contributed by atoms with Crippen LogP contribution in [0.2, 0.25) is 5.02 Å². The van der Waals surface area contributed by atoms with Gasteiger partial charge in [-0.15, -0.1) is 0 Å². The molecule has 2 aromatic heterocycles. The molecule has 0 aliphatic carbocycles. The van der Waals surface area contributed by atoms with Crippen LogP contribution in [0.3, 0.4) is 0 Å². The molecule has 6 heteroatoms. The minimum Gasteiger partial charge on any atom is -0.309 e. The maximum absolute atomic E-state index is 12.0. The van der Waals surface area contributed by atoms with E-state index >= 15 is 0 Å². The minimum atomic E-state index is -0.158. The number of rotatable bonds is 4. The monoisotopic (exact) mass is 300 g/mol. The number of pyridine rings is 1.